The Balaban J connectivity index is 0.000000451. The second-order valence-electron chi connectivity index (χ2n) is 10.3. The Labute approximate surface area is 238 Å². The first-order chi connectivity index (χ1) is 20.1. The van der Waals surface area contributed by atoms with Crippen LogP contribution in [-0.4, -0.2) is 72.6 Å². The molecule has 2 atom stereocenters. The van der Waals surface area contributed by atoms with Crippen LogP contribution in [0.15, 0.2) is 67.4 Å². The number of rotatable bonds is 6. The molecule has 42 heavy (non-hydrogen) atoms. The number of hydrogen-bond donors (Lipinski definition) is 3. The Kier molecular flexibility index (Phi) is 8.32. The molecule has 0 saturated carbocycles. The van der Waals surface area contributed by atoms with Crippen LogP contribution in [0.3, 0.4) is 0 Å². The zero-order valence-corrected chi connectivity index (χ0v) is 22.3. The molecule has 2 unspecified atom stereocenters. The third-order valence-electron chi connectivity index (χ3n) is 7.63. The van der Waals surface area contributed by atoms with Gasteiger partial charge in [-0.15, -0.1) is 0 Å². The number of aliphatic hydroxyl groups excluding tert-OH is 2. The summed E-state index contributed by atoms with van der Waals surface area (Å²) in [5.74, 6) is -2.52. The lowest BCUT2D eigenvalue weighted by atomic mass is 9.85. The SMILES string of the molecule is O=C(O)C(F)(F)F.OCC(O)Cn1cc(-c2ccc(N3CCC(C4c5c(F)cccc5-c5cncn54)CC3)cc2)cn1. The molecule has 0 aliphatic carbocycles. The smallest absolute Gasteiger partial charge is 0.475 e. The number of halogens is 4. The summed E-state index contributed by atoms with van der Waals surface area (Å²) in [5.41, 5.74) is 6.00. The van der Waals surface area contributed by atoms with Crippen molar-refractivity contribution >= 4 is 11.7 Å². The summed E-state index contributed by atoms with van der Waals surface area (Å²) >= 11 is 0. The summed E-state index contributed by atoms with van der Waals surface area (Å²) in [4.78, 5) is 15.6. The molecule has 0 bridgehead atoms. The Morgan fingerprint density at radius 2 is 1.74 bits per heavy atom. The van der Waals surface area contributed by atoms with Gasteiger partial charge in [0.25, 0.3) is 0 Å². The molecule has 4 heterocycles. The molecular weight excluding hydrogens is 558 g/mol. The zero-order valence-electron chi connectivity index (χ0n) is 22.3. The lowest BCUT2D eigenvalue weighted by Gasteiger charge is -2.37. The van der Waals surface area contributed by atoms with Gasteiger partial charge < -0.3 is 24.8 Å². The lowest BCUT2D eigenvalue weighted by molar-refractivity contribution is -0.192. The Bertz CT molecular complexity index is 1530. The van der Waals surface area contributed by atoms with E-state index in [9.17, 15) is 22.7 Å². The molecule has 1 fully saturated rings. The van der Waals surface area contributed by atoms with E-state index in [0.717, 1.165) is 53.9 Å². The minimum atomic E-state index is -5.08. The summed E-state index contributed by atoms with van der Waals surface area (Å²) in [6.45, 7) is 1.82. The number of aliphatic carboxylic acids is 1. The van der Waals surface area contributed by atoms with Crippen molar-refractivity contribution in [3.63, 3.8) is 0 Å². The third-order valence-corrected chi connectivity index (χ3v) is 7.63. The van der Waals surface area contributed by atoms with Crippen molar-refractivity contribution in [3.8, 4) is 22.4 Å². The quantitative estimate of drug-likeness (QED) is 0.287. The maximum Gasteiger partial charge on any atom is 0.490 e. The first kappa shape index (κ1) is 29.3. The number of carbonyl (C=O) groups is 1. The highest BCUT2D eigenvalue weighted by atomic mass is 19.4. The first-order valence-electron chi connectivity index (χ1n) is 13.3. The summed E-state index contributed by atoms with van der Waals surface area (Å²) in [7, 11) is 0. The highest BCUT2D eigenvalue weighted by Crippen LogP contribution is 2.47. The number of carboxylic acids is 1. The van der Waals surface area contributed by atoms with Gasteiger partial charge in [0.05, 0.1) is 49.7 Å². The normalized spacial score (nSPS) is 17.3. The van der Waals surface area contributed by atoms with Crippen LogP contribution in [0.2, 0.25) is 0 Å². The minimum Gasteiger partial charge on any atom is -0.475 e. The van der Waals surface area contributed by atoms with E-state index >= 15 is 0 Å². The van der Waals surface area contributed by atoms with Crippen LogP contribution in [0.4, 0.5) is 23.2 Å². The van der Waals surface area contributed by atoms with Gasteiger partial charge in [0.1, 0.15) is 5.82 Å². The fraction of sp³-hybridized carbons (Fsp3) is 0.345. The highest BCUT2D eigenvalue weighted by molar-refractivity contribution is 5.73. The molecular formula is C29H29F4N5O4. The molecule has 1 saturated heterocycles. The Morgan fingerprint density at radius 1 is 1.05 bits per heavy atom. The van der Waals surface area contributed by atoms with Crippen molar-refractivity contribution in [2.45, 2.75) is 37.7 Å². The van der Waals surface area contributed by atoms with Crippen molar-refractivity contribution in [1.29, 1.82) is 0 Å². The number of hydrogen-bond acceptors (Lipinski definition) is 6. The van der Waals surface area contributed by atoms with Gasteiger partial charge in [-0.05, 0) is 42.5 Å². The van der Waals surface area contributed by atoms with Gasteiger partial charge in [-0.3, -0.25) is 4.68 Å². The van der Waals surface area contributed by atoms with E-state index in [1.807, 2.05) is 24.8 Å². The molecule has 0 radical (unpaired) electrons. The molecule has 2 aliphatic heterocycles. The van der Waals surface area contributed by atoms with E-state index in [-0.39, 0.29) is 25.0 Å². The fourth-order valence-electron chi connectivity index (χ4n) is 5.62. The number of aliphatic hydroxyl groups is 2. The van der Waals surface area contributed by atoms with Crippen molar-refractivity contribution in [2.24, 2.45) is 5.92 Å². The molecule has 0 spiro atoms. The standard InChI is InChI=1S/C27H28FN5O2.C2HF3O2/c28-24-3-1-2-23-25-13-29-17-33(25)27(26(23)24)19-8-10-31(11-9-19)21-6-4-18(5-7-21)20-12-30-32(14-20)15-22(35)16-34;3-2(4,5)1(6)7/h1-7,12-14,17,19,22,27,34-35H,8-11,15-16H2;(H,6,7). The van der Waals surface area contributed by atoms with E-state index in [1.165, 1.54) is 5.69 Å². The number of aromatic nitrogens is 4. The van der Waals surface area contributed by atoms with Crippen LogP contribution in [0.1, 0.15) is 24.4 Å². The van der Waals surface area contributed by atoms with Gasteiger partial charge in [0, 0.05) is 41.7 Å². The Hall–Kier alpha value is -4.23. The number of fused-ring (bicyclic) bond motifs is 3. The molecule has 6 rings (SSSR count). The van der Waals surface area contributed by atoms with Crippen molar-refractivity contribution in [2.75, 3.05) is 24.6 Å². The van der Waals surface area contributed by atoms with Crippen LogP contribution in [-0.2, 0) is 11.3 Å². The second kappa shape index (κ2) is 11.9. The monoisotopic (exact) mass is 587 g/mol. The van der Waals surface area contributed by atoms with Gasteiger partial charge in [-0.1, -0.05) is 24.3 Å². The summed E-state index contributed by atoms with van der Waals surface area (Å²) in [5, 5.41) is 30.0. The van der Waals surface area contributed by atoms with Crippen LogP contribution in [0, 0.1) is 11.7 Å². The van der Waals surface area contributed by atoms with Crippen LogP contribution < -0.4 is 4.90 Å². The van der Waals surface area contributed by atoms with Crippen LogP contribution in [0.25, 0.3) is 22.4 Å². The Morgan fingerprint density at radius 3 is 2.38 bits per heavy atom. The lowest BCUT2D eigenvalue weighted by Crippen LogP contribution is -2.36. The summed E-state index contributed by atoms with van der Waals surface area (Å²) < 4.78 is 50.4. The van der Waals surface area contributed by atoms with Crippen molar-refractivity contribution in [3.05, 3.63) is 78.8 Å². The summed E-state index contributed by atoms with van der Waals surface area (Å²) in [6.07, 6.45) is 3.40. The van der Waals surface area contributed by atoms with Crippen molar-refractivity contribution < 1.29 is 37.7 Å². The molecule has 9 nitrogen and oxygen atoms in total. The molecule has 13 heteroatoms. The predicted molar refractivity (Wildman–Crippen MR) is 145 cm³/mol. The number of anilines is 1. The topological polar surface area (TPSA) is 117 Å². The molecule has 0 amide bonds. The summed E-state index contributed by atoms with van der Waals surface area (Å²) in [6, 6.07) is 13.8. The van der Waals surface area contributed by atoms with Gasteiger partial charge in [0.2, 0.25) is 0 Å². The first-order valence-corrected chi connectivity index (χ1v) is 13.3. The van der Waals surface area contributed by atoms with E-state index in [1.54, 1.807) is 23.0 Å². The zero-order chi connectivity index (χ0) is 30.0. The average Bonchev–Trinajstić information content (AvgIpc) is 3.70. The van der Waals surface area contributed by atoms with Crippen molar-refractivity contribution in [1.82, 2.24) is 19.3 Å². The number of carboxylic acid groups (broad SMARTS) is 1. The van der Waals surface area contributed by atoms with E-state index in [2.05, 4.69) is 43.8 Å². The largest absolute Gasteiger partial charge is 0.490 e. The number of nitrogens with zero attached hydrogens (tertiary/aromatic N) is 5. The minimum absolute atomic E-state index is 0.00844. The second-order valence-corrected chi connectivity index (χ2v) is 10.3. The van der Waals surface area contributed by atoms with E-state index < -0.39 is 18.2 Å². The van der Waals surface area contributed by atoms with Gasteiger partial charge in [-0.2, -0.15) is 18.3 Å². The average molecular weight is 588 g/mol. The molecule has 2 aromatic heterocycles. The number of imidazole rings is 1. The molecule has 4 aromatic rings. The fourth-order valence-corrected chi connectivity index (χ4v) is 5.62. The molecule has 2 aromatic carbocycles. The van der Waals surface area contributed by atoms with Gasteiger partial charge in [-0.25, -0.2) is 14.2 Å². The number of benzene rings is 2. The maximum absolute atomic E-state index is 14.9. The maximum atomic E-state index is 14.9. The van der Waals surface area contributed by atoms with Gasteiger partial charge in [0.15, 0.2) is 0 Å². The molecule has 2 aliphatic rings. The molecule has 222 valence electrons. The van der Waals surface area contributed by atoms with Crippen LogP contribution in [0.5, 0.6) is 0 Å². The number of alkyl halides is 3. The van der Waals surface area contributed by atoms with Gasteiger partial charge >= 0.3 is 12.1 Å². The number of piperidine rings is 1. The third kappa shape index (κ3) is 6.02. The molecule has 3 N–H and O–H groups in total. The highest BCUT2D eigenvalue weighted by Gasteiger charge is 2.39. The predicted octanol–water partition coefficient (Wildman–Crippen LogP) is 4.36. The van der Waals surface area contributed by atoms with E-state index in [0.29, 0.717) is 5.92 Å². The van der Waals surface area contributed by atoms with E-state index in [4.69, 9.17) is 15.0 Å². The van der Waals surface area contributed by atoms with Crippen LogP contribution >= 0.6 is 0 Å².